The summed E-state index contributed by atoms with van der Waals surface area (Å²) in [6.07, 6.45) is 1.56. The van der Waals surface area contributed by atoms with Crippen LogP contribution in [0.1, 0.15) is 18.5 Å². The van der Waals surface area contributed by atoms with Gasteiger partial charge in [-0.15, -0.1) is 11.3 Å². The van der Waals surface area contributed by atoms with Gasteiger partial charge in [0.1, 0.15) is 0 Å². The van der Waals surface area contributed by atoms with Crippen LogP contribution >= 0.6 is 11.3 Å². The van der Waals surface area contributed by atoms with Gasteiger partial charge in [0.05, 0.1) is 12.1 Å². The van der Waals surface area contributed by atoms with Crippen molar-refractivity contribution in [3.05, 3.63) is 11.1 Å². The average molecular weight is 254 g/mol. The Bertz CT molecular complexity index is 432. The molecule has 92 valence electrons. The summed E-state index contributed by atoms with van der Waals surface area (Å²) in [6, 6.07) is 0.0620. The molecule has 1 aromatic rings. The van der Waals surface area contributed by atoms with Crippen LogP contribution in [0.3, 0.4) is 0 Å². The Kier molecular flexibility index (Phi) is 3.58. The van der Waals surface area contributed by atoms with Gasteiger partial charge in [-0.1, -0.05) is 0 Å². The van der Waals surface area contributed by atoms with E-state index in [1.54, 1.807) is 5.38 Å². The standard InChI is InChI=1S/C10H14N4O2S/c11-10-14-7(5-17-10)3-9(16)12-4-6-1-2-8(15)13-6/h5-6H,1-4H2,(H2,11,14)(H,12,16)(H,13,15). The summed E-state index contributed by atoms with van der Waals surface area (Å²) in [4.78, 5) is 26.5. The van der Waals surface area contributed by atoms with Gasteiger partial charge in [0.2, 0.25) is 11.8 Å². The number of hydrogen-bond donors (Lipinski definition) is 3. The number of hydrogen-bond acceptors (Lipinski definition) is 5. The second-order valence-corrected chi connectivity index (χ2v) is 4.85. The number of nitrogen functional groups attached to an aromatic ring is 1. The zero-order chi connectivity index (χ0) is 12.3. The number of anilines is 1. The summed E-state index contributed by atoms with van der Waals surface area (Å²) >= 11 is 1.32. The van der Waals surface area contributed by atoms with Crippen molar-refractivity contribution in [2.75, 3.05) is 12.3 Å². The minimum absolute atomic E-state index is 0.0523. The topological polar surface area (TPSA) is 97.1 Å². The van der Waals surface area contributed by atoms with E-state index >= 15 is 0 Å². The van der Waals surface area contributed by atoms with Gasteiger partial charge in [-0.3, -0.25) is 9.59 Å². The van der Waals surface area contributed by atoms with Crippen molar-refractivity contribution in [1.82, 2.24) is 15.6 Å². The van der Waals surface area contributed by atoms with Crippen LogP contribution in [0.4, 0.5) is 5.13 Å². The molecule has 1 unspecified atom stereocenters. The zero-order valence-corrected chi connectivity index (χ0v) is 10.0. The average Bonchev–Trinajstić information content (AvgIpc) is 2.85. The minimum Gasteiger partial charge on any atom is -0.375 e. The van der Waals surface area contributed by atoms with Crippen molar-refractivity contribution in [3.8, 4) is 0 Å². The highest BCUT2D eigenvalue weighted by Crippen LogP contribution is 2.11. The van der Waals surface area contributed by atoms with Crippen LogP contribution in [-0.4, -0.2) is 29.4 Å². The van der Waals surface area contributed by atoms with Gasteiger partial charge in [-0.05, 0) is 6.42 Å². The third-order valence-corrected chi connectivity index (χ3v) is 3.26. The predicted molar refractivity (Wildman–Crippen MR) is 64.4 cm³/mol. The summed E-state index contributed by atoms with van der Waals surface area (Å²) in [6.45, 7) is 0.476. The molecule has 1 fully saturated rings. The fraction of sp³-hybridized carbons (Fsp3) is 0.500. The first kappa shape index (κ1) is 11.8. The second kappa shape index (κ2) is 5.13. The van der Waals surface area contributed by atoms with Crippen molar-refractivity contribution < 1.29 is 9.59 Å². The summed E-state index contributed by atoms with van der Waals surface area (Å²) < 4.78 is 0. The van der Waals surface area contributed by atoms with E-state index in [2.05, 4.69) is 15.6 Å². The van der Waals surface area contributed by atoms with E-state index in [1.165, 1.54) is 11.3 Å². The van der Waals surface area contributed by atoms with E-state index in [0.717, 1.165) is 6.42 Å². The summed E-state index contributed by atoms with van der Waals surface area (Å²) in [5.74, 6) is -0.0482. The maximum atomic E-state index is 11.6. The molecule has 0 aromatic carbocycles. The molecular weight excluding hydrogens is 240 g/mol. The lowest BCUT2D eigenvalue weighted by atomic mass is 10.2. The highest BCUT2D eigenvalue weighted by atomic mass is 32.1. The summed E-state index contributed by atoms with van der Waals surface area (Å²) in [5.41, 5.74) is 6.15. The van der Waals surface area contributed by atoms with Crippen LogP contribution in [0, 0.1) is 0 Å². The number of thiazole rings is 1. The van der Waals surface area contributed by atoms with Gasteiger partial charge in [0, 0.05) is 24.4 Å². The Morgan fingerprint density at radius 3 is 3.12 bits per heavy atom. The molecule has 1 aliphatic rings. The molecule has 0 spiro atoms. The van der Waals surface area contributed by atoms with E-state index in [4.69, 9.17) is 5.73 Å². The van der Waals surface area contributed by atoms with Crippen molar-refractivity contribution in [2.45, 2.75) is 25.3 Å². The molecule has 1 atom stereocenters. The molecule has 2 rings (SSSR count). The van der Waals surface area contributed by atoms with Crippen molar-refractivity contribution in [1.29, 1.82) is 0 Å². The number of nitrogens with one attached hydrogen (secondary N) is 2. The first-order valence-corrected chi connectivity index (χ1v) is 6.27. The molecule has 4 N–H and O–H groups in total. The molecular formula is C10H14N4O2S. The third-order valence-electron chi connectivity index (χ3n) is 2.54. The number of carbonyl (C=O) groups excluding carboxylic acids is 2. The molecule has 1 saturated heterocycles. The largest absolute Gasteiger partial charge is 0.375 e. The first-order valence-electron chi connectivity index (χ1n) is 5.39. The zero-order valence-electron chi connectivity index (χ0n) is 9.23. The molecule has 2 heterocycles. The van der Waals surface area contributed by atoms with Crippen LogP contribution in [0.5, 0.6) is 0 Å². The van der Waals surface area contributed by atoms with Crippen LogP contribution in [-0.2, 0) is 16.0 Å². The second-order valence-electron chi connectivity index (χ2n) is 3.96. The van der Waals surface area contributed by atoms with E-state index in [0.29, 0.717) is 23.8 Å². The van der Waals surface area contributed by atoms with Gasteiger partial charge in [0.25, 0.3) is 0 Å². The van der Waals surface area contributed by atoms with Crippen molar-refractivity contribution >= 4 is 28.3 Å². The Balaban J connectivity index is 1.72. The van der Waals surface area contributed by atoms with Gasteiger partial charge in [-0.2, -0.15) is 0 Å². The number of carbonyl (C=O) groups is 2. The van der Waals surface area contributed by atoms with Gasteiger partial charge in [-0.25, -0.2) is 4.98 Å². The van der Waals surface area contributed by atoms with E-state index in [1.807, 2.05) is 0 Å². The maximum absolute atomic E-state index is 11.6. The third kappa shape index (κ3) is 3.42. The smallest absolute Gasteiger partial charge is 0.226 e. The lowest BCUT2D eigenvalue weighted by Crippen LogP contribution is -2.38. The Labute approximate surface area is 103 Å². The number of rotatable bonds is 4. The Hall–Kier alpha value is -1.63. The molecule has 1 aliphatic heterocycles. The van der Waals surface area contributed by atoms with Crippen molar-refractivity contribution in [3.63, 3.8) is 0 Å². The van der Waals surface area contributed by atoms with Crippen LogP contribution in [0.15, 0.2) is 5.38 Å². The predicted octanol–water partition coefficient (Wildman–Crippen LogP) is -0.337. The number of nitrogens with two attached hydrogens (primary N) is 1. The molecule has 17 heavy (non-hydrogen) atoms. The molecule has 0 aliphatic carbocycles. The SMILES string of the molecule is Nc1nc(CC(=O)NCC2CCC(=O)N2)cs1. The first-order chi connectivity index (χ1) is 8.13. The Morgan fingerprint density at radius 2 is 2.53 bits per heavy atom. The van der Waals surface area contributed by atoms with Crippen LogP contribution in [0.2, 0.25) is 0 Å². The van der Waals surface area contributed by atoms with E-state index in [9.17, 15) is 9.59 Å². The fourth-order valence-corrected chi connectivity index (χ4v) is 2.26. The summed E-state index contributed by atoms with van der Waals surface area (Å²) in [5, 5.41) is 7.80. The quantitative estimate of drug-likeness (QED) is 0.685. The van der Waals surface area contributed by atoms with Gasteiger partial charge >= 0.3 is 0 Å². The molecule has 0 bridgehead atoms. The van der Waals surface area contributed by atoms with E-state index in [-0.39, 0.29) is 24.3 Å². The molecule has 7 heteroatoms. The fourth-order valence-electron chi connectivity index (χ4n) is 1.70. The molecule has 0 saturated carbocycles. The lowest BCUT2D eigenvalue weighted by Gasteiger charge is -2.10. The monoisotopic (exact) mass is 254 g/mol. The van der Waals surface area contributed by atoms with Crippen LogP contribution < -0.4 is 16.4 Å². The molecule has 0 radical (unpaired) electrons. The Morgan fingerprint density at radius 1 is 1.71 bits per heavy atom. The van der Waals surface area contributed by atoms with Crippen molar-refractivity contribution in [2.24, 2.45) is 0 Å². The lowest BCUT2D eigenvalue weighted by molar-refractivity contribution is -0.121. The number of aromatic nitrogens is 1. The van der Waals surface area contributed by atoms with Gasteiger partial charge < -0.3 is 16.4 Å². The molecule has 6 nitrogen and oxygen atoms in total. The van der Waals surface area contributed by atoms with Gasteiger partial charge in [0.15, 0.2) is 5.13 Å². The normalized spacial score (nSPS) is 19.1. The van der Waals surface area contributed by atoms with E-state index < -0.39 is 0 Å². The molecule has 2 amide bonds. The van der Waals surface area contributed by atoms with Crippen LogP contribution in [0.25, 0.3) is 0 Å². The highest BCUT2D eigenvalue weighted by Gasteiger charge is 2.20. The molecule has 1 aromatic heterocycles. The number of nitrogens with zero attached hydrogens (tertiary/aromatic N) is 1. The maximum Gasteiger partial charge on any atom is 0.226 e. The summed E-state index contributed by atoms with van der Waals surface area (Å²) in [7, 11) is 0. The minimum atomic E-state index is -0.101. The number of amides is 2. The highest BCUT2D eigenvalue weighted by molar-refractivity contribution is 7.13.